The summed E-state index contributed by atoms with van der Waals surface area (Å²) in [5, 5.41) is 11.6. The molecule has 0 aliphatic carbocycles. The number of nitrogens with zero attached hydrogens (tertiary/aromatic N) is 3. The molecule has 1 aromatic heterocycles. The highest BCUT2D eigenvalue weighted by molar-refractivity contribution is 8.18. The number of aryl methyl sites for hydroxylation is 1. The van der Waals surface area contributed by atoms with Gasteiger partial charge in [0.05, 0.1) is 16.4 Å². The number of imide groups is 1. The Hall–Kier alpha value is -4.37. The third-order valence-corrected chi connectivity index (χ3v) is 6.96. The first kappa shape index (κ1) is 24.3. The van der Waals surface area contributed by atoms with Gasteiger partial charge in [0, 0.05) is 41.3 Å². The van der Waals surface area contributed by atoms with Crippen LogP contribution in [0, 0.1) is 17.0 Å². The van der Waals surface area contributed by atoms with E-state index in [1.165, 1.54) is 17.0 Å². The van der Waals surface area contributed by atoms with Gasteiger partial charge in [-0.2, -0.15) is 0 Å². The molecule has 0 unspecified atom stereocenters. The van der Waals surface area contributed by atoms with Crippen molar-refractivity contribution in [3.63, 3.8) is 0 Å². The molecule has 2 amide bonds. The van der Waals surface area contributed by atoms with E-state index < -0.39 is 4.92 Å². The lowest BCUT2D eigenvalue weighted by molar-refractivity contribution is -0.384. The average molecular weight is 514 g/mol. The number of carbonyl (C=O) groups is 2. The molecule has 186 valence electrons. The van der Waals surface area contributed by atoms with Crippen LogP contribution in [-0.2, 0) is 11.3 Å². The molecular weight excluding hydrogens is 490 g/mol. The van der Waals surface area contributed by atoms with Gasteiger partial charge in [-0.1, -0.05) is 42.5 Å². The summed E-state index contributed by atoms with van der Waals surface area (Å²) in [6, 6.07) is 21.8. The van der Waals surface area contributed by atoms with Crippen molar-refractivity contribution in [3.8, 4) is 5.75 Å². The van der Waals surface area contributed by atoms with Gasteiger partial charge < -0.3 is 9.30 Å². The molecule has 9 heteroatoms. The van der Waals surface area contributed by atoms with Crippen molar-refractivity contribution >= 4 is 45.6 Å². The predicted molar refractivity (Wildman–Crippen MR) is 143 cm³/mol. The number of thioether (sulfide) groups is 1. The Morgan fingerprint density at radius 1 is 1.03 bits per heavy atom. The molecule has 3 aromatic carbocycles. The number of carbonyl (C=O) groups excluding carboxylic acids is 2. The van der Waals surface area contributed by atoms with E-state index in [1.54, 1.807) is 18.2 Å². The maximum atomic E-state index is 13.0. The highest BCUT2D eigenvalue weighted by Crippen LogP contribution is 2.34. The van der Waals surface area contributed by atoms with Gasteiger partial charge in [0.1, 0.15) is 12.4 Å². The van der Waals surface area contributed by atoms with Gasteiger partial charge >= 0.3 is 0 Å². The molecule has 0 bridgehead atoms. The Morgan fingerprint density at radius 3 is 2.57 bits per heavy atom. The van der Waals surface area contributed by atoms with E-state index in [-0.39, 0.29) is 30.0 Å². The number of nitro benzene ring substituents is 1. The smallest absolute Gasteiger partial charge is 0.293 e. The van der Waals surface area contributed by atoms with E-state index in [9.17, 15) is 19.7 Å². The number of ether oxygens (including phenoxy) is 1. The molecule has 0 atom stereocenters. The van der Waals surface area contributed by atoms with Crippen molar-refractivity contribution in [3.05, 3.63) is 111 Å². The molecule has 2 heterocycles. The fourth-order valence-corrected chi connectivity index (χ4v) is 5.09. The summed E-state index contributed by atoms with van der Waals surface area (Å²) >= 11 is 0.921. The molecule has 8 nitrogen and oxygen atoms in total. The normalized spacial score (nSPS) is 14.6. The Balaban J connectivity index is 1.34. The number of fused-ring (bicyclic) bond motifs is 1. The number of hydrogen-bond donors (Lipinski definition) is 0. The van der Waals surface area contributed by atoms with Crippen molar-refractivity contribution in [1.82, 2.24) is 9.47 Å². The van der Waals surface area contributed by atoms with Crippen molar-refractivity contribution in [2.75, 3.05) is 13.2 Å². The zero-order valence-corrected chi connectivity index (χ0v) is 20.8. The molecule has 0 saturated carbocycles. The van der Waals surface area contributed by atoms with Crippen LogP contribution >= 0.6 is 11.8 Å². The summed E-state index contributed by atoms with van der Waals surface area (Å²) in [6.07, 6.45) is 3.68. The van der Waals surface area contributed by atoms with E-state index in [0.29, 0.717) is 17.2 Å². The fourth-order valence-electron chi connectivity index (χ4n) is 4.23. The lowest BCUT2D eigenvalue weighted by atomic mass is 10.1. The monoisotopic (exact) mass is 513 g/mol. The highest BCUT2D eigenvalue weighted by atomic mass is 32.2. The van der Waals surface area contributed by atoms with E-state index in [2.05, 4.69) is 0 Å². The van der Waals surface area contributed by atoms with Crippen LogP contribution < -0.4 is 4.74 Å². The molecule has 0 N–H and O–H groups in total. The van der Waals surface area contributed by atoms with Crippen molar-refractivity contribution in [1.29, 1.82) is 0 Å². The Labute approximate surface area is 217 Å². The Kier molecular flexibility index (Phi) is 6.78. The second-order valence-corrected chi connectivity index (χ2v) is 9.64. The minimum absolute atomic E-state index is 0.0433. The number of amides is 2. The van der Waals surface area contributed by atoms with Crippen molar-refractivity contribution in [2.45, 2.75) is 13.5 Å². The van der Waals surface area contributed by atoms with Gasteiger partial charge in [0.15, 0.2) is 0 Å². The Morgan fingerprint density at radius 2 is 1.81 bits per heavy atom. The minimum atomic E-state index is -0.422. The molecule has 5 rings (SSSR count). The first-order valence-electron chi connectivity index (χ1n) is 11.6. The number of non-ortho nitro benzene ring substituents is 1. The SMILES string of the molecule is Cc1cccc(OCCN2C(=O)S/C(=C\c3cn(Cc4ccc([N+](=O)[O-])cc4)c4ccccc34)C2=O)c1. The van der Waals surface area contributed by atoms with Crippen LogP contribution in [0.4, 0.5) is 10.5 Å². The minimum Gasteiger partial charge on any atom is -0.492 e. The molecule has 0 radical (unpaired) electrons. The standard InChI is InChI=1S/C28H23N3O5S/c1-19-5-4-6-23(15-19)36-14-13-30-27(32)26(37-28(30)33)16-21-18-29(25-8-3-2-7-24(21)25)17-20-9-11-22(12-10-20)31(34)35/h2-12,15-16,18H,13-14,17H2,1H3/b26-16-. The Bertz CT molecular complexity index is 1540. The molecule has 1 aliphatic heterocycles. The fraction of sp³-hybridized carbons (Fsp3) is 0.143. The van der Waals surface area contributed by atoms with Crippen LogP contribution in [0.25, 0.3) is 17.0 Å². The third-order valence-electron chi connectivity index (χ3n) is 6.05. The average Bonchev–Trinajstić information content (AvgIpc) is 3.36. The third kappa shape index (κ3) is 5.26. The molecular formula is C28H23N3O5S. The number of aromatic nitrogens is 1. The van der Waals surface area contributed by atoms with Crippen molar-refractivity contribution < 1.29 is 19.2 Å². The topological polar surface area (TPSA) is 94.7 Å². The van der Waals surface area contributed by atoms with E-state index in [1.807, 2.05) is 66.2 Å². The number of para-hydroxylation sites is 1. The molecule has 1 fully saturated rings. The molecule has 1 saturated heterocycles. The van der Waals surface area contributed by atoms with Crippen LogP contribution in [0.2, 0.25) is 0 Å². The maximum absolute atomic E-state index is 13.0. The number of benzene rings is 3. The summed E-state index contributed by atoms with van der Waals surface area (Å²) < 4.78 is 7.75. The number of nitro groups is 1. The van der Waals surface area contributed by atoms with Crippen molar-refractivity contribution in [2.24, 2.45) is 0 Å². The van der Waals surface area contributed by atoms with Gasteiger partial charge in [0.25, 0.3) is 16.8 Å². The quantitative estimate of drug-likeness (QED) is 0.162. The van der Waals surface area contributed by atoms with Gasteiger partial charge in [-0.05, 0) is 54.1 Å². The largest absolute Gasteiger partial charge is 0.492 e. The van der Waals surface area contributed by atoms with E-state index in [4.69, 9.17) is 4.74 Å². The van der Waals surface area contributed by atoms with Gasteiger partial charge in [-0.25, -0.2) is 0 Å². The summed E-state index contributed by atoms with van der Waals surface area (Å²) in [4.78, 5) is 37.7. The van der Waals surface area contributed by atoms with Crippen LogP contribution in [0.5, 0.6) is 5.75 Å². The lowest BCUT2D eigenvalue weighted by Gasteiger charge is -2.13. The first-order chi connectivity index (χ1) is 17.9. The van der Waals surface area contributed by atoms with Crippen LogP contribution in [-0.4, -0.2) is 38.7 Å². The second kappa shape index (κ2) is 10.3. The van der Waals surface area contributed by atoms with Gasteiger partial charge in [-0.15, -0.1) is 0 Å². The summed E-state index contributed by atoms with van der Waals surface area (Å²) in [5.74, 6) is 0.360. The van der Waals surface area contributed by atoms with E-state index in [0.717, 1.165) is 39.4 Å². The first-order valence-corrected chi connectivity index (χ1v) is 12.5. The molecule has 37 heavy (non-hydrogen) atoms. The van der Waals surface area contributed by atoms with Gasteiger partial charge in [0.2, 0.25) is 0 Å². The summed E-state index contributed by atoms with van der Waals surface area (Å²) in [6.45, 7) is 2.85. The maximum Gasteiger partial charge on any atom is 0.293 e. The summed E-state index contributed by atoms with van der Waals surface area (Å²) in [7, 11) is 0. The van der Waals surface area contributed by atoms with E-state index >= 15 is 0 Å². The number of hydrogen-bond acceptors (Lipinski definition) is 6. The van der Waals surface area contributed by atoms with Crippen LogP contribution in [0.3, 0.4) is 0 Å². The van der Waals surface area contributed by atoms with Crippen LogP contribution in [0.15, 0.2) is 83.9 Å². The second-order valence-electron chi connectivity index (χ2n) is 8.65. The zero-order chi connectivity index (χ0) is 25.9. The lowest BCUT2D eigenvalue weighted by Crippen LogP contribution is -2.32. The predicted octanol–water partition coefficient (Wildman–Crippen LogP) is 6.02. The summed E-state index contributed by atoms with van der Waals surface area (Å²) in [5.41, 5.74) is 3.80. The highest BCUT2D eigenvalue weighted by Gasteiger charge is 2.35. The molecule has 4 aromatic rings. The molecule has 1 aliphatic rings. The van der Waals surface area contributed by atoms with Gasteiger partial charge in [-0.3, -0.25) is 24.6 Å². The number of rotatable bonds is 8. The van der Waals surface area contributed by atoms with Crippen LogP contribution in [0.1, 0.15) is 16.7 Å². The molecule has 0 spiro atoms. The zero-order valence-electron chi connectivity index (χ0n) is 20.0.